The van der Waals surface area contributed by atoms with E-state index in [4.69, 9.17) is 0 Å². The van der Waals surface area contributed by atoms with Crippen molar-refractivity contribution in [3.63, 3.8) is 0 Å². The summed E-state index contributed by atoms with van der Waals surface area (Å²) in [6, 6.07) is 20.7. The summed E-state index contributed by atoms with van der Waals surface area (Å²) in [7, 11) is 0. The van der Waals surface area contributed by atoms with E-state index in [1.807, 2.05) is 40.5 Å². The molecule has 1 aliphatic carbocycles. The van der Waals surface area contributed by atoms with Gasteiger partial charge in [0, 0.05) is 22.3 Å². The van der Waals surface area contributed by atoms with Crippen LogP contribution >= 0.6 is 11.3 Å². The summed E-state index contributed by atoms with van der Waals surface area (Å²) in [4.78, 5) is 17.5. The maximum Gasteiger partial charge on any atom is 0.322 e. The molecular weight excluding hydrogens is 438 g/mol. The van der Waals surface area contributed by atoms with Crippen molar-refractivity contribution in [1.82, 2.24) is 9.47 Å². The van der Waals surface area contributed by atoms with Crippen molar-refractivity contribution in [2.45, 2.75) is 52.1 Å². The van der Waals surface area contributed by atoms with Gasteiger partial charge >= 0.3 is 6.03 Å². The number of rotatable bonds is 2. The van der Waals surface area contributed by atoms with Crippen molar-refractivity contribution >= 4 is 23.1 Å². The quantitative estimate of drug-likeness (QED) is 0.333. The number of carbonyl (C=O) groups excluding carboxylic acids is 1. The number of nitrogens with one attached hydrogen (secondary N) is 1. The Bertz CT molecular complexity index is 1360. The molecule has 2 amide bonds. The predicted octanol–water partition coefficient (Wildman–Crippen LogP) is 7.17. The summed E-state index contributed by atoms with van der Waals surface area (Å²) in [5.41, 5.74) is 8.29. The summed E-state index contributed by atoms with van der Waals surface area (Å²) < 4.78 is 2.34. The maximum atomic E-state index is 13.9. The third-order valence-electron chi connectivity index (χ3n) is 7.10. The zero-order valence-electron chi connectivity index (χ0n) is 19.7. The second-order valence-corrected chi connectivity index (χ2v) is 10.6. The van der Waals surface area contributed by atoms with Gasteiger partial charge in [-0.15, -0.1) is 11.3 Å². The Morgan fingerprint density at radius 2 is 1.76 bits per heavy atom. The van der Waals surface area contributed by atoms with Crippen molar-refractivity contribution in [2.75, 3.05) is 5.32 Å². The van der Waals surface area contributed by atoms with Crippen LogP contribution in [0.1, 0.15) is 57.3 Å². The van der Waals surface area contributed by atoms with E-state index in [0.29, 0.717) is 6.54 Å². The monoisotopic (exact) mass is 467 g/mol. The van der Waals surface area contributed by atoms with Gasteiger partial charge in [-0.2, -0.15) is 0 Å². The fourth-order valence-electron chi connectivity index (χ4n) is 5.41. The molecule has 1 atom stereocenters. The number of amides is 2. The van der Waals surface area contributed by atoms with E-state index in [2.05, 4.69) is 66.3 Å². The lowest BCUT2D eigenvalue weighted by Crippen LogP contribution is -2.38. The van der Waals surface area contributed by atoms with Gasteiger partial charge in [0.1, 0.15) is 5.00 Å². The number of fused-ring (bicyclic) bond motifs is 5. The predicted molar refractivity (Wildman–Crippen MR) is 139 cm³/mol. The number of hydrogen-bond acceptors (Lipinski definition) is 2. The highest BCUT2D eigenvalue weighted by Crippen LogP contribution is 2.44. The molecule has 0 spiro atoms. The molecule has 0 radical (unpaired) electrons. The number of carbonyl (C=O) groups is 1. The van der Waals surface area contributed by atoms with Crippen molar-refractivity contribution in [1.29, 1.82) is 0 Å². The molecule has 4 aromatic rings. The first-order valence-electron chi connectivity index (χ1n) is 12.1. The van der Waals surface area contributed by atoms with E-state index in [0.717, 1.165) is 29.8 Å². The number of benzene rings is 2. The third kappa shape index (κ3) is 3.64. The largest absolute Gasteiger partial charge is 0.322 e. The first-order chi connectivity index (χ1) is 16.6. The highest BCUT2D eigenvalue weighted by Gasteiger charge is 2.36. The Hall–Kier alpha value is -3.31. The number of nitrogens with zero attached hydrogens (tertiary/aromatic N) is 2. The van der Waals surface area contributed by atoms with E-state index in [9.17, 15) is 4.79 Å². The molecule has 1 N–H and O–H groups in total. The Morgan fingerprint density at radius 1 is 0.941 bits per heavy atom. The molecule has 5 heteroatoms. The van der Waals surface area contributed by atoms with E-state index in [1.165, 1.54) is 45.0 Å². The fourth-order valence-corrected chi connectivity index (χ4v) is 6.81. The van der Waals surface area contributed by atoms with Crippen molar-refractivity contribution in [3.8, 4) is 5.00 Å². The van der Waals surface area contributed by atoms with Gasteiger partial charge in [0.2, 0.25) is 0 Å². The third-order valence-corrected chi connectivity index (χ3v) is 8.43. The molecule has 0 unspecified atom stereocenters. The zero-order valence-corrected chi connectivity index (χ0v) is 20.5. The van der Waals surface area contributed by atoms with Gasteiger partial charge in [0.15, 0.2) is 0 Å². The van der Waals surface area contributed by atoms with E-state index >= 15 is 0 Å². The highest BCUT2D eigenvalue weighted by molar-refractivity contribution is 7.15. The minimum Gasteiger partial charge on any atom is -0.310 e. The summed E-state index contributed by atoms with van der Waals surface area (Å²) in [6.07, 6.45) is 6.92. The van der Waals surface area contributed by atoms with E-state index in [-0.39, 0.29) is 12.1 Å². The molecule has 172 valence electrons. The summed E-state index contributed by atoms with van der Waals surface area (Å²) in [5.74, 6) is 0. The van der Waals surface area contributed by atoms with Gasteiger partial charge in [-0.3, -0.25) is 0 Å². The Morgan fingerprint density at radius 3 is 2.59 bits per heavy atom. The van der Waals surface area contributed by atoms with Crippen LogP contribution in [0.15, 0.2) is 66.9 Å². The molecule has 0 saturated carbocycles. The smallest absolute Gasteiger partial charge is 0.310 e. The fraction of sp³-hybridized carbons (Fsp3) is 0.276. The first kappa shape index (κ1) is 21.2. The normalized spacial score (nSPS) is 16.9. The Balaban J connectivity index is 1.50. The summed E-state index contributed by atoms with van der Waals surface area (Å²) >= 11 is 1.92. The first-order valence-corrected chi connectivity index (χ1v) is 12.9. The van der Waals surface area contributed by atoms with E-state index < -0.39 is 0 Å². The van der Waals surface area contributed by atoms with Gasteiger partial charge in [0.25, 0.3) is 0 Å². The van der Waals surface area contributed by atoms with Crippen molar-refractivity contribution < 1.29 is 4.79 Å². The molecule has 0 fully saturated rings. The minimum absolute atomic E-state index is 0.0632. The van der Waals surface area contributed by atoms with Crippen LogP contribution in [-0.4, -0.2) is 15.5 Å². The van der Waals surface area contributed by atoms with Crippen LogP contribution in [0.2, 0.25) is 0 Å². The number of hydrogen-bond donors (Lipinski definition) is 1. The molecule has 4 nitrogen and oxygen atoms in total. The molecule has 2 aromatic heterocycles. The average molecular weight is 468 g/mol. The van der Waals surface area contributed by atoms with Gasteiger partial charge < -0.3 is 14.8 Å². The second-order valence-electron chi connectivity index (χ2n) is 9.54. The zero-order chi connectivity index (χ0) is 23.2. The standard InChI is InChI=1S/C29H29N3OS/c1-19-12-14-22(15-13-19)30-29(33)32-18-24-23-9-3-4-11-26(23)34-28(24)31-16-6-10-25(31)27(32)21-8-5-7-20(2)17-21/h5-8,10,12-17,27H,3-4,9,11,18H2,1-2H3,(H,30,33)/t27-/m1/s1. The number of anilines is 1. The van der Waals surface area contributed by atoms with Crippen LogP contribution in [-0.2, 0) is 19.4 Å². The molecule has 3 heterocycles. The number of aryl methyl sites for hydroxylation is 3. The van der Waals surface area contributed by atoms with Crippen LogP contribution in [0.4, 0.5) is 10.5 Å². The van der Waals surface area contributed by atoms with Crippen LogP contribution in [0.25, 0.3) is 5.00 Å². The van der Waals surface area contributed by atoms with Crippen LogP contribution in [0.5, 0.6) is 0 Å². The molecule has 0 saturated heterocycles. The molecule has 2 aromatic carbocycles. The number of thiophene rings is 1. The highest BCUT2D eigenvalue weighted by atomic mass is 32.1. The van der Waals surface area contributed by atoms with Gasteiger partial charge in [-0.05, 0) is 74.9 Å². The lowest BCUT2D eigenvalue weighted by Gasteiger charge is -2.31. The molecule has 0 bridgehead atoms. The minimum atomic E-state index is -0.167. The summed E-state index contributed by atoms with van der Waals surface area (Å²) in [5, 5.41) is 4.48. The number of aromatic nitrogens is 1. The van der Waals surface area contributed by atoms with Crippen molar-refractivity contribution in [2.24, 2.45) is 0 Å². The van der Waals surface area contributed by atoms with Gasteiger partial charge in [0.05, 0.1) is 18.3 Å². The molecule has 2 aliphatic rings. The maximum absolute atomic E-state index is 13.9. The summed E-state index contributed by atoms with van der Waals surface area (Å²) in [6.45, 7) is 4.78. The van der Waals surface area contributed by atoms with Crippen LogP contribution in [0.3, 0.4) is 0 Å². The molecule has 34 heavy (non-hydrogen) atoms. The average Bonchev–Trinajstić information content (AvgIpc) is 3.42. The number of urea groups is 1. The Labute approximate surface area is 204 Å². The molecular formula is C29H29N3OS. The second kappa shape index (κ2) is 8.48. The molecule has 6 rings (SSSR count). The Kier molecular flexibility index (Phi) is 5.30. The topological polar surface area (TPSA) is 37.3 Å². The van der Waals surface area contributed by atoms with Crippen LogP contribution < -0.4 is 5.32 Å². The lowest BCUT2D eigenvalue weighted by molar-refractivity contribution is 0.194. The molecule has 1 aliphatic heterocycles. The van der Waals surface area contributed by atoms with Gasteiger partial charge in [-0.1, -0.05) is 47.5 Å². The SMILES string of the molecule is Cc1ccc(NC(=O)N2Cc3c(sc4c3CCCC4)-n3cccc3[C@H]2c2cccc(C)c2)cc1. The van der Waals surface area contributed by atoms with Gasteiger partial charge in [-0.25, -0.2) is 4.79 Å². The van der Waals surface area contributed by atoms with E-state index in [1.54, 1.807) is 0 Å². The van der Waals surface area contributed by atoms with Crippen molar-refractivity contribution in [3.05, 3.63) is 105 Å². The van der Waals surface area contributed by atoms with Crippen LogP contribution in [0, 0.1) is 13.8 Å². The lowest BCUT2D eigenvalue weighted by atomic mass is 9.95.